The number of carbonyl (C=O) groups excluding carboxylic acids is 1. The highest BCUT2D eigenvalue weighted by atomic mass is 16.5. The normalized spacial score (nSPS) is 12.1. The number of benzene rings is 1. The molecule has 0 saturated carbocycles. The van der Waals surface area contributed by atoms with Gasteiger partial charge in [-0.2, -0.15) is 0 Å². The number of carboxylic acids is 1. The van der Waals surface area contributed by atoms with Gasteiger partial charge in [-0.3, -0.25) is 4.79 Å². The van der Waals surface area contributed by atoms with Crippen molar-refractivity contribution in [1.29, 1.82) is 0 Å². The number of hydrogen-bond donors (Lipinski definition) is 3. The Balaban J connectivity index is 2.49. The highest BCUT2D eigenvalue weighted by Gasteiger charge is 2.12. The molecule has 0 heterocycles. The first-order valence-corrected chi connectivity index (χ1v) is 6.63. The maximum absolute atomic E-state index is 11.6. The van der Waals surface area contributed by atoms with E-state index in [0.717, 1.165) is 5.56 Å². The van der Waals surface area contributed by atoms with Gasteiger partial charge in [-0.25, -0.2) is 4.79 Å². The lowest BCUT2D eigenvalue weighted by Crippen LogP contribution is -2.28. The van der Waals surface area contributed by atoms with Gasteiger partial charge in [0.15, 0.2) is 6.10 Å². The number of aliphatic carboxylic acids is 1. The Labute approximate surface area is 123 Å². The van der Waals surface area contributed by atoms with Crippen LogP contribution in [0.4, 0.5) is 0 Å². The summed E-state index contributed by atoms with van der Waals surface area (Å²) in [5.41, 5.74) is 0.778. The van der Waals surface area contributed by atoms with Crippen molar-refractivity contribution >= 4 is 18.0 Å². The molecule has 1 aromatic rings. The summed E-state index contributed by atoms with van der Waals surface area (Å²) >= 11 is 0. The average Bonchev–Trinajstić information content (AvgIpc) is 2.46. The van der Waals surface area contributed by atoms with E-state index in [0.29, 0.717) is 12.4 Å². The van der Waals surface area contributed by atoms with E-state index < -0.39 is 12.1 Å². The predicted molar refractivity (Wildman–Crippen MR) is 77.9 cm³/mol. The van der Waals surface area contributed by atoms with Gasteiger partial charge in [-0.15, -0.1) is 0 Å². The van der Waals surface area contributed by atoms with Gasteiger partial charge >= 0.3 is 5.97 Å². The molecule has 0 spiro atoms. The zero-order valence-corrected chi connectivity index (χ0v) is 11.8. The van der Waals surface area contributed by atoms with Crippen molar-refractivity contribution in [3.8, 4) is 5.75 Å². The number of para-hydroxylation sites is 1. The van der Waals surface area contributed by atoms with Crippen molar-refractivity contribution < 1.29 is 24.5 Å². The van der Waals surface area contributed by atoms with Crippen LogP contribution in [0.1, 0.15) is 18.9 Å². The fourth-order valence-electron chi connectivity index (χ4n) is 1.59. The summed E-state index contributed by atoms with van der Waals surface area (Å²) in [7, 11) is 0. The fraction of sp³-hybridized carbons (Fsp3) is 0.333. The summed E-state index contributed by atoms with van der Waals surface area (Å²) < 4.78 is 5.43. The van der Waals surface area contributed by atoms with Crippen LogP contribution in [0, 0.1) is 0 Å². The SMILES string of the molecule is CCOc1ccccc1/C=C/C(=O)NCC[C@H](O)C(=O)O. The molecule has 1 aromatic carbocycles. The van der Waals surface area contributed by atoms with Crippen molar-refractivity contribution in [1.82, 2.24) is 5.32 Å². The number of nitrogens with one attached hydrogen (secondary N) is 1. The smallest absolute Gasteiger partial charge is 0.332 e. The lowest BCUT2D eigenvalue weighted by atomic mass is 10.2. The molecule has 0 aliphatic carbocycles. The maximum atomic E-state index is 11.6. The molecule has 1 atom stereocenters. The first-order chi connectivity index (χ1) is 10.0. The van der Waals surface area contributed by atoms with E-state index in [1.54, 1.807) is 6.08 Å². The minimum atomic E-state index is -1.46. The third kappa shape index (κ3) is 6.09. The molecule has 0 aromatic heterocycles. The lowest BCUT2D eigenvalue weighted by molar-refractivity contribution is -0.147. The average molecular weight is 293 g/mol. The maximum Gasteiger partial charge on any atom is 0.332 e. The summed E-state index contributed by atoms with van der Waals surface area (Å²) in [6.45, 7) is 2.49. The minimum absolute atomic E-state index is 0.0373. The Morgan fingerprint density at radius 3 is 2.76 bits per heavy atom. The van der Waals surface area contributed by atoms with Crippen molar-refractivity contribution in [2.75, 3.05) is 13.2 Å². The van der Waals surface area contributed by atoms with Crippen LogP contribution in [0.2, 0.25) is 0 Å². The molecule has 0 fully saturated rings. The molecule has 0 radical (unpaired) electrons. The Morgan fingerprint density at radius 1 is 1.38 bits per heavy atom. The summed E-state index contributed by atoms with van der Waals surface area (Å²) in [4.78, 5) is 22.0. The molecular formula is C15H19NO5. The monoisotopic (exact) mass is 293 g/mol. The number of aliphatic hydroxyl groups is 1. The van der Waals surface area contributed by atoms with E-state index in [-0.39, 0.29) is 18.9 Å². The number of rotatable bonds is 8. The topological polar surface area (TPSA) is 95.9 Å². The van der Waals surface area contributed by atoms with E-state index >= 15 is 0 Å². The Hall–Kier alpha value is -2.34. The number of amides is 1. The first kappa shape index (κ1) is 16.7. The van der Waals surface area contributed by atoms with Crippen LogP contribution in [0.5, 0.6) is 5.75 Å². The van der Waals surface area contributed by atoms with Crippen molar-refractivity contribution in [3.63, 3.8) is 0 Å². The standard InChI is InChI=1S/C15H19NO5/c1-2-21-13-6-4-3-5-11(13)7-8-14(18)16-10-9-12(17)15(19)20/h3-8,12,17H,2,9-10H2,1H3,(H,16,18)(H,19,20)/b8-7+/t12-/m0/s1. The van der Waals surface area contributed by atoms with Gasteiger partial charge in [0.05, 0.1) is 6.61 Å². The highest BCUT2D eigenvalue weighted by Crippen LogP contribution is 2.19. The molecule has 0 unspecified atom stereocenters. The van der Waals surface area contributed by atoms with E-state index in [1.165, 1.54) is 6.08 Å². The van der Waals surface area contributed by atoms with Crippen LogP contribution < -0.4 is 10.1 Å². The second-order valence-electron chi connectivity index (χ2n) is 4.24. The van der Waals surface area contributed by atoms with Gasteiger partial charge in [-0.1, -0.05) is 18.2 Å². The molecule has 114 valence electrons. The van der Waals surface area contributed by atoms with Crippen LogP contribution in [-0.4, -0.2) is 41.3 Å². The van der Waals surface area contributed by atoms with Crippen LogP contribution in [0.25, 0.3) is 6.08 Å². The van der Waals surface area contributed by atoms with E-state index in [9.17, 15) is 9.59 Å². The van der Waals surface area contributed by atoms with Gasteiger partial charge in [0, 0.05) is 24.6 Å². The molecule has 1 amide bonds. The number of carboxylic acid groups (broad SMARTS) is 1. The third-order valence-corrected chi connectivity index (χ3v) is 2.64. The molecule has 6 heteroatoms. The lowest BCUT2D eigenvalue weighted by Gasteiger charge is -2.07. The van der Waals surface area contributed by atoms with Crippen LogP contribution >= 0.6 is 0 Å². The third-order valence-electron chi connectivity index (χ3n) is 2.64. The Kier molecular flexibility index (Phi) is 6.97. The molecular weight excluding hydrogens is 274 g/mol. The summed E-state index contributed by atoms with van der Waals surface area (Å²) in [5.74, 6) is -0.977. The molecule has 1 rings (SSSR count). The molecule has 3 N–H and O–H groups in total. The van der Waals surface area contributed by atoms with Gasteiger partial charge in [0.1, 0.15) is 5.75 Å². The molecule has 6 nitrogen and oxygen atoms in total. The Bertz CT molecular complexity index is 513. The van der Waals surface area contributed by atoms with E-state index in [4.69, 9.17) is 14.9 Å². The zero-order valence-electron chi connectivity index (χ0n) is 11.8. The summed E-state index contributed by atoms with van der Waals surface area (Å²) in [5, 5.41) is 20.0. The minimum Gasteiger partial charge on any atom is -0.493 e. The second-order valence-corrected chi connectivity index (χ2v) is 4.24. The van der Waals surface area contributed by atoms with Crippen molar-refractivity contribution in [2.24, 2.45) is 0 Å². The van der Waals surface area contributed by atoms with Crippen molar-refractivity contribution in [2.45, 2.75) is 19.4 Å². The fourth-order valence-corrected chi connectivity index (χ4v) is 1.59. The number of carbonyl (C=O) groups is 2. The summed E-state index contributed by atoms with van der Waals surface area (Å²) in [6.07, 6.45) is 1.46. The van der Waals surface area contributed by atoms with Crippen molar-refractivity contribution in [3.05, 3.63) is 35.9 Å². The van der Waals surface area contributed by atoms with Gasteiger partial charge in [0.25, 0.3) is 0 Å². The van der Waals surface area contributed by atoms with Crippen LogP contribution in [-0.2, 0) is 9.59 Å². The largest absolute Gasteiger partial charge is 0.493 e. The molecule has 21 heavy (non-hydrogen) atoms. The predicted octanol–water partition coefficient (Wildman–Crippen LogP) is 1.05. The van der Waals surface area contributed by atoms with Gasteiger partial charge in [0.2, 0.25) is 5.91 Å². The van der Waals surface area contributed by atoms with Gasteiger partial charge in [-0.05, 0) is 19.1 Å². The molecule has 0 bridgehead atoms. The van der Waals surface area contributed by atoms with Crippen LogP contribution in [0.3, 0.4) is 0 Å². The second kappa shape index (κ2) is 8.76. The summed E-state index contributed by atoms with van der Waals surface area (Å²) in [6, 6.07) is 7.31. The molecule has 0 saturated heterocycles. The van der Waals surface area contributed by atoms with E-state index in [1.807, 2.05) is 31.2 Å². The number of hydrogen-bond acceptors (Lipinski definition) is 4. The van der Waals surface area contributed by atoms with Crippen LogP contribution in [0.15, 0.2) is 30.3 Å². The number of aliphatic hydroxyl groups excluding tert-OH is 1. The highest BCUT2D eigenvalue weighted by molar-refractivity contribution is 5.92. The Morgan fingerprint density at radius 2 is 2.10 bits per heavy atom. The molecule has 0 aliphatic rings. The quantitative estimate of drug-likeness (QED) is 0.623. The van der Waals surface area contributed by atoms with E-state index in [2.05, 4.69) is 5.32 Å². The molecule has 0 aliphatic heterocycles. The zero-order chi connectivity index (χ0) is 15.7. The first-order valence-electron chi connectivity index (χ1n) is 6.63. The number of ether oxygens (including phenoxy) is 1. The van der Waals surface area contributed by atoms with Gasteiger partial charge < -0.3 is 20.3 Å².